The highest BCUT2D eigenvalue weighted by Crippen LogP contribution is 1.97. The van der Waals surface area contributed by atoms with Crippen LogP contribution in [0, 0.1) is 0 Å². The van der Waals surface area contributed by atoms with Gasteiger partial charge in [-0.05, 0) is 46.1 Å². The minimum atomic E-state index is -1.06. The fraction of sp³-hybridized carbons (Fsp3) is 1.00. The van der Waals surface area contributed by atoms with Crippen LogP contribution in [0.3, 0.4) is 0 Å². The van der Waals surface area contributed by atoms with Crippen LogP contribution in [0.5, 0.6) is 0 Å². The predicted octanol–water partition coefficient (Wildman–Crippen LogP) is 2.55. The van der Waals surface area contributed by atoms with Crippen LogP contribution < -0.4 is 9.96 Å². The summed E-state index contributed by atoms with van der Waals surface area (Å²) in [6.45, 7) is 18.9. The Hall–Kier alpha value is 0.314. The van der Waals surface area contributed by atoms with Crippen LogP contribution in [0.1, 0.15) is 12.8 Å². The van der Waals surface area contributed by atoms with Gasteiger partial charge in [-0.1, -0.05) is 39.3 Å². The number of hydrogen-bond acceptors (Lipinski definition) is 3. The van der Waals surface area contributed by atoms with Crippen LogP contribution in [0.2, 0.25) is 39.3 Å². The lowest BCUT2D eigenvalue weighted by atomic mass is 10.3. The summed E-state index contributed by atoms with van der Waals surface area (Å²) in [7, 11) is 0.128. The van der Waals surface area contributed by atoms with Gasteiger partial charge >= 0.3 is 0 Å². The summed E-state index contributed by atoms with van der Waals surface area (Å²) in [4.78, 5) is 9.80. The van der Waals surface area contributed by atoms with Gasteiger partial charge in [0.15, 0.2) is 0 Å². The zero-order chi connectivity index (χ0) is 14.2. The first-order chi connectivity index (χ1) is 8.10. The van der Waals surface area contributed by atoms with E-state index in [1.54, 1.807) is 0 Å². The first kappa shape index (κ1) is 18.3. The monoisotopic (exact) mass is 289 g/mol. The number of rotatable bonds is 10. The highest BCUT2D eigenvalue weighted by molar-refractivity contribution is 6.73. The van der Waals surface area contributed by atoms with E-state index in [2.05, 4.69) is 61.2 Å². The molecule has 0 radical (unpaired) electrons. The fourth-order valence-electron chi connectivity index (χ4n) is 1.74. The molecule has 0 heterocycles. The van der Waals surface area contributed by atoms with E-state index in [0.29, 0.717) is 0 Å². The van der Waals surface area contributed by atoms with Crippen LogP contribution in [-0.4, -0.2) is 54.6 Å². The van der Waals surface area contributed by atoms with E-state index in [1.165, 1.54) is 39.0 Å². The molecule has 0 saturated carbocycles. The molecule has 2 N–H and O–H groups in total. The number of hydrogen-bond donors (Lipinski definition) is 2. The van der Waals surface area contributed by atoms with Crippen molar-refractivity contribution in [3.63, 3.8) is 0 Å². The van der Waals surface area contributed by atoms with Gasteiger partial charge in [-0.2, -0.15) is 0 Å². The summed E-state index contributed by atoms with van der Waals surface area (Å²) in [6, 6.07) is 0. The zero-order valence-corrected chi connectivity index (χ0v) is 15.7. The molecule has 0 aliphatic carbocycles. The van der Waals surface area contributed by atoms with Crippen molar-refractivity contribution < 1.29 is 0 Å². The van der Waals surface area contributed by atoms with Crippen molar-refractivity contribution >= 4 is 16.5 Å². The molecule has 3 nitrogen and oxygen atoms in total. The lowest BCUT2D eigenvalue weighted by Gasteiger charge is -2.22. The largest absolute Gasteiger partial charge is 0.337 e. The van der Waals surface area contributed by atoms with Crippen molar-refractivity contribution in [3.05, 3.63) is 0 Å². The molecule has 5 heteroatoms. The average molecular weight is 290 g/mol. The Labute approximate surface area is 117 Å². The van der Waals surface area contributed by atoms with Crippen molar-refractivity contribution in [3.8, 4) is 0 Å². The van der Waals surface area contributed by atoms with Crippen LogP contribution in [0.4, 0.5) is 0 Å². The van der Waals surface area contributed by atoms with Crippen molar-refractivity contribution in [2.24, 2.45) is 0 Å². The van der Waals surface area contributed by atoms with E-state index in [0.717, 1.165) is 0 Å². The maximum atomic E-state index is 3.67. The van der Waals surface area contributed by atoms with Gasteiger partial charge in [-0.25, -0.2) is 0 Å². The van der Waals surface area contributed by atoms with Crippen LogP contribution in [0.25, 0.3) is 0 Å². The van der Waals surface area contributed by atoms with Gasteiger partial charge in [0.05, 0.1) is 0 Å². The molecule has 0 unspecified atom stereocenters. The lowest BCUT2D eigenvalue weighted by molar-refractivity contribution is 0.325. The molecule has 0 fully saturated rings. The van der Waals surface area contributed by atoms with Gasteiger partial charge < -0.3 is 14.9 Å². The molecule has 0 atom stereocenters. The van der Waals surface area contributed by atoms with E-state index in [-0.39, 0.29) is 0 Å². The summed E-state index contributed by atoms with van der Waals surface area (Å²) in [6.07, 6.45) is 2.53. The standard InChI is InChI=1S/C13H35N3Si2/c1-16(12-8-10-14-17(2,3)4)13-9-11-15-18(5,6)7/h14-15H,8-13H2,1-7H3. The minimum absolute atomic E-state index is 1.06. The molecule has 18 heavy (non-hydrogen) atoms. The molecule has 0 amide bonds. The van der Waals surface area contributed by atoms with E-state index >= 15 is 0 Å². The van der Waals surface area contributed by atoms with E-state index in [4.69, 9.17) is 0 Å². The molecule has 0 saturated heterocycles. The summed E-state index contributed by atoms with van der Waals surface area (Å²) >= 11 is 0. The summed E-state index contributed by atoms with van der Waals surface area (Å²) in [5.41, 5.74) is 0. The molecule has 0 spiro atoms. The predicted molar refractivity (Wildman–Crippen MR) is 89.4 cm³/mol. The second kappa shape index (κ2) is 8.48. The third-order valence-electron chi connectivity index (χ3n) is 2.74. The normalized spacial score (nSPS) is 13.3. The molecule has 0 aromatic carbocycles. The van der Waals surface area contributed by atoms with Crippen molar-refractivity contribution in [2.75, 3.05) is 33.2 Å². The Morgan fingerprint density at radius 1 is 0.722 bits per heavy atom. The smallest absolute Gasteiger partial charge is 0.116 e. The Morgan fingerprint density at radius 3 is 1.33 bits per heavy atom. The highest BCUT2D eigenvalue weighted by atomic mass is 28.3. The third kappa shape index (κ3) is 14.4. The summed E-state index contributed by atoms with van der Waals surface area (Å²) < 4.78 is 0. The van der Waals surface area contributed by atoms with Crippen LogP contribution >= 0.6 is 0 Å². The van der Waals surface area contributed by atoms with Gasteiger partial charge in [0.2, 0.25) is 0 Å². The van der Waals surface area contributed by atoms with Crippen molar-refractivity contribution in [1.29, 1.82) is 0 Å². The van der Waals surface area contributed by atoms with E-state index in [1.807, 2.05) is 0 Å². The van der Waals surface area contributed by atoms with Gasteiger partial charge in [0.25, 0.3) is 0 Å². The maximum absolute atomic E-state index is 3.67. The zero-order valence-electron chi connectivity index (χ0n) is 13.7. The molecule has 110 valence electrons. The molecule has 0 aliphatic heterocycles. The maximum Gasteiger partial charge on any atom is 0.116 e. The van der Waals surface area contributed by atoms with Crippen LogP contribution in [-0.2, 0) is 0 Å². The Kier molecular flexibility index (Phi) is 8.63. The first-order valence-corrected chi connectivity index (χ1v) is 14.3. The van der Waals surface area contributed by atoms with Crippen LogP contribution in [0.15, 0.2) is 0 Å². The second-order valence-corrected chi connectivity index (χ2v) is 17.1. The van der Waals surface area contributed by atoms with Gasteiger partial charge in [-0.3, -0.25) is 0 Å². The minimum Gasteiger partial charge on any atom is -0.337 e. The lowest BCUT2D eigenvalue weighted by Crippen LogP contribution is -2.43. The fourth-order valence-corrected chi connectivity index (χ4v) is 3.59. The molecule has 0 aliphatic rings. The van der Waals surface area contributed by atoms with Crippen molar-refractivity contribution in [1.82, 2.24) is 14.9 Å². The Morgan fingerprint density at radius 2 is 1.06 bits per heavy atom. The van der Waals surface area contributed by atoms with E-state index in [9.17, 15) is 0 Å². The quantitative estimate of drug-likeness (QED) is 0.478. The molecule has 0 aromatic rings. The SMILES string of the molecule is CN(CCCN[Si](C)(C)C)CCCN[Si](C)(C)C. The van der Waals surface area contributed by atoms with Crippen molar-refractivity contribution in [2.45, 2.75) is 52.1 Å². The average Bonchev–Trinajstić information content (AvgIpc) is 2.17. The number of nitrogens with zero attached hydrogens (tertiary/aromatic N) is 1. The highest BCUT2D eigenvalue weighted by Gasteiger charge is 2.12. The molecular formula is C13H35N3Si2. The molecule has 0 aromatic heterocycles. The van der Waals surface area contributed by atoms with E-state index < -0.39 is 16.5 Å². The molecular weight excluding hydrogens is 254 g/mol. The van der Waals surface area contributed by atoms with Gasteiger partial charge in [-0.15, -0.1) is 0 Å². The Balaban J connectivity index is 3.41. The first-order valence-electron chi connectivity index (χ1n) is 7.29. The Bertz CT molecular complexity index is 187. The number of nitrogens with one attached hydrogen (secondary N) is 2. The third-order valence-corrected chi connectivity index (χ3v) is 5.37. The van der Waals surface area contributed by atoms with Gasteiger partial charge in [0, 0.05) is 0 Å². The second-order valence-electron chi connectivity index (χ2n) is 7.36. The molecule has 0 bridgehead atoms. The summed E-state index contributed by atoms with van der Waals surface area (Å²) in [5, 5.41) is 0. The van der Waals surface area contributed by atoms with Gasteiger partial charge in [0.1, 0.15) is 16.5 Å². The topological polar surface area (TPSA) is 27.3 Å². The summed E-state index contributed by atoms with van der Waals surface area (Å²) in [5.74, 6) is 0. The molecule has 0 rings (SSSR count).